The number of amides is 1. The molecular formula is C22H17BrN4O4S. The standard InChI is InChI=1S/C22H17BrN4O4S/c1-14-5-11-19(12-6-14)32(29,30)27-18-4-2-3-16(13-18)20(28)24-22-26-25-21(31-22)15-7-9-17(23)10-8-15/h2-13,27H,1H3,(H,24,26,28). The quantitative estimate of drug-likeness (QED) is 0.381. The molecule has 32 heavy (non-hydrogen) atoms. The molecular weight excluding hydrogens is 496 g/mol. The van der Waals surface area contributed by atoms with E-state index < -0.39 is 15.9 Å². The number of carbonyl (C=O) groups excluding carboxylic acids is 1. The van der Waals surface area contributed by atoms with Crippen molar-refractivity contribution in [3.05, 3.63) is 88.4 Å². The Morgan fingerprint density at radius 1 is 0.969 bits per heavy atom. The number of hydrogen-bond donors (Lipinski definition) is 2. The number of anilines is 2. The fraction of sp³-hybridized carbons (Fsp3) is 0.0455. The van der Waals surface area contributed by atoms with E-state index in [1.807, 2.05) is 19.1 Å². The summed E-state index contributed by atoms with van der Waals surface area (Å²) in [5.41, 5.74) is 2.12. The summed E-state index contributed by atoms with van der Waals surface area (Å²) in [7, 11) is -3.79. The van der Waals surface area contributed by atoms with Crippen molar-refractivity contribution in [2.45, 2.75) is 11.8 Å². The van der Waals surface area contributed by atoms with Gasteiger partial charge in [0.25, 0.3) is 15.9 Å². The van der Waals surface area contributed by atoms with E-state index in [1.54, 1.807) is 42.5 Å². The Labute approximate surface area is 192 Å². The number of halogens is 1. The predicted octanol–water partition coefficient (Wildman–Crippen LogP) is 4.86. The van der Waals surface area contributed by atoms with Crippen molar-refractivity contribution in [2.24, 2.45) is 0 Å². The Kier molecular flexibility index (Phi) is 6.06. The average molecular weight is 513 g/mol. The highest BCUT2D eigenvalue weighted by Gasteiger charge is 2.16. The maximum absolute atomic E-state index is 12.6. The van der Waals surface area contributed by atoms with E-state index in [4.69, 9.17) is 4.42 Å². The van der Waals surface area contributed by atoms with Gasteiger partial charge in [-0.2, -0.15) is 0 Å². The number of sulfonamides is 1. The van der Waals surface area contributed by atoms with Gasteiger partial charge in [0.2, 0.25) is 5.89 Å². The highest BCUT2D eigenvalue weighted by Crippen LogP contribution is 2.23. The minimum Gasteiger partial charge on any atom is -0.403 e. The number of nitrogens with one attached hydrogen (secondary N) is 2. The van der Waals surface area contributed by atoms with Gasteiger partial charge >= 0.3 is 6.01 Å². The van der Waals surface area contributed by atoms with Crippen LogP contribution >= 0.6 is 15.9 Å². The van der Waals surface area contributed by atoms with Crippen molar-refractivity contribution in [2.75, 3.05) is 10.0 Å². The molecule has 1 heterocycles. The lowest BCUT2D eigenvalue weighted by atomic mass is 10.2. The van der Waals surface area contributed by atoms with Crippen LogP contribution in [0.5, 0.6) is 0 Å². The zero-order chi connectivity index (χ0) is 22.7. The molecule has 4 rings (SSSR count). The third kappa shape index (κ3) is 5.04. The first-order valence-corrected chi connectivity index (χ1v) is 11.7. The lowest BCUT2D eigenvalue weighted by molar-refractivity contribution is 0.102. The van der Waals surface area contributed by atoms with E-state index in [-0.39, 0.29) is 28.1 Å². The Morgan fingerprint density at radius 3 is 2.41 bits per heavy atom. The van der Waals surface area contributed by atoms with Gasteiger partial charge in [0.15, 0.2) is 0 Å². The molecule has 0 fully saturated rings. The summed E-state index contributed by atoms with van der Waals surface area (Å²) in [6.07, 6.45) is 0. The number of carbonyl (C=O) groups is 1. The minimum atomic E-state index is -3.79. The fourth-order valence-corrected chi connectivity index (χ4v) is 4.12. The molecule has 10 heteroatoms. The van der Waals surface area contributed by atoms with Crippen LogP contribution < -0.4 is 10.0 Å². The molecule has 0 unspecified atom stereocenters. The van der Waals surface area contributed by atoms with E-state index in [1.165, 1.54) is 18.2 Å². The molecule has 162 valence electrons. The van der Waals surface area contributed by atoms with Gasteiger partial charge in [0, 0.05) is 21.3 Å². The van der Waals surface area contributed by atoms with E-state index in [9.17, 15) is 13.2 Å². The van der Waals surface area contributed by atoms with Crippen molar-refractivity contribution in [1.82, 2.24) is 10.2 Å². The zero-order valence-corrected chi connectivity index (χ0v) is 19.1. The topological polar surface area (TPSA) is 114 Å². The van der Waals surface area contributed by atoms with Gasteiger partial charge in [-0.25, -0.2) is 8.42 Å². The number of aromatic nitrogens is 2. The lowest BCUT2D eigenvalue weighted by Crippen LogP contribution is -2.15. The Morgan fingerprint density at radius 2 is 1.69 bits per heavy atom. The second kappa shape index (κ2) is 8.93. The van der Waals surface area contributed by atoms with Crippen molar-refractivity contribution in [3.63, 3.8) is 0 Å². The van der Waals surface area contributed by atoms with Gasteiger partial charge in [-0.05, 0) is 61.5 Å². The fourth-order valence-electron chi connectivity index (χ4n) is 2.81. The largest absolute Gasteiger partial charge is 0.403 e. The molecule has 8 nitrogen and oxygen atoms in total. The molecule has 0 saturated heterocycles. The highest BCUT2D eigenvalue weighted by atomic mass is 79.9. The first-order chi connectivity index (χ1) is 15.3. The maximum Gasteiger partial charge on any atom is 0.322 e. The van der Waals surface area contributed by atoms with Crippen LogP contribution in [0, 0.1) is 6.92 Å². The average Bonchev–Trinajstić information content (AvgIpc) is 3.23. The number of rotatable bonds is 6. The van der Waals surface area contributed by atoms with Crippen molar-refractivity contribution >= 4 is 43.6 Å². The van der Waals surface area contributed by atoms with Crippen LogP contribution in [0.15, 0.2) is 86.6 Å². The first kappa shape index (κ1) is 21.7. The number of benzene rings is 3. The van der Waals surface area contributed by atoms with E-state index in [0.717, 1.165) is 10.0 Å². The van der Waals surface area contributed by atoms with Crippen LogP contribution in [-0.4, -0.2) is 24.5 Å². The smallest absolute Gasteiger partial charge is 0.322 e. The van der Waals surface area contributed by atoms with Crippen molar-refractivity contribution in [3.8, 4) is 11.5 Å². The summed E-state index contributed by atoms with van der Waals surface area (Å²) in [6.45, 7) is 1.87. The molecule has 0 aliphatic rings. The van der Waals surface area contributed by atoms with E-state index in [0.29, 0.717) is 5.56 Å². The van der Waals surface area contributed by atoms with Crippen molar-refractivity contribution in [1.29, 1.82) is 0 Å². The summed E-state index contributed by atoms with van der Waals surface area (Å²) < 4.78 is 34.1. The SMILES string of the molecule is Cc1ccc(S(=O)(=O)Nc2cccc(C(=O)Nc3nnc(-c4ccc(Br)cc4)o3)c2)cc1. The monoisotopic (exact) mass is 512 g/mol. The van der Waals surface area contributed by atoms with Crippen LogP contribution in [0.25, 0.3) is 11.5 Å². The Hall–Kier alpha value is -3.50. The maximum atomic E-state index is 12.6. The molecule has 0 aliphatic carbocycles. The highest BCUT2D eigenvalue weighted by molar-refractivity contribution is 9.10. The third-order valence-corrected chi connectivity index (χ3v) is 6.37. The van der Waals surface area contributed by atoms with Gasteiger partial charge in [-0.1, -0.05) is 44.8 Å². The Balaban J connectivity index is 1.48. The van der Waals surface area contributed by atoms with Gasteiger partial charge in [0.05, 0.1) is 4.90 Å². The van der Waals surface area contributed by atoms with Gasteiger partial charge in [-0.3, -0.25) is 14.8 Å². The summed E-state index contributed by atoms with van der Waals surface area (Å²) in [6, 6.07) is 19.8. The molecule has 4 aromatic rings. The van der Waals surface area contributed by atoms with Gasteiger partial charge in [-0.15, -0.1) is 5.10 Å². The van der Waals surface area contributed by atoms with E-state index >= 15 is 0 Å². The molecule has 0 atom stereocenters. The second-order valence-electron chi connectivity index (χ2n) is 6.87. The molecule has 0 radical (unpaired) electrons. The molecule has 1 aromatic heterocycles. The van der Waals surface area contributed by atoms with Crippen LogP contribution in [0.4, 0.5) is 11.7 Å². The molecule has 3 aromatic carbocycles. The summed E-state index contributed by atoms with van der Waals surface area (Å²) in [5.74, 6) is -0.264. The minimum absolute atomic E-state index is 0.0708. The second-order valence-corrected chi connectivity index (χ2v) is 9.47. The van der Waals surface area contributed by atoms with Crippen LogP contribution in [-0.2, 0) is 10.0 Å². The number of hydrogen-bond acceptors (Lipinski definition) is 6. The van der Waals surface area contributed by atoms with Gasteiger partial charge < -0.3 is 4.42 Å². The molecule has 0 bridgehead atoms. The van der Waals surface area contributed by atoms with Crippen LogP contribution in [0.3, 0.4) is 0 Å². The van der Waals surface area contributed by atoms with E-state index in [2.05, 4.69) is 36.2 Å². The number of nitrogens with zero attached hydrogens (tertiary/aromatic N) is 2. The van der Waals surface area contributed by atoms with Gasteiger partial charge in [0.1, 0.15) is 0 Å². The lowest BCUT2D eigenvalue weighted by Gasteiger charge is -2.09. The van der Waals surface area contributed by atoms with Crippen LogP contribution in [0.2, 0.25) is 0 Å². The normalized spacial score (nSPS) is 11.2. The summed E-state index contributed by atoms with van der Waals surface area (Å²) >= 11 is 3.36. The number of aryl methyl sites for hydroxylation is 1. The predicted molar refractivity (Wildman–Crippen MR) is 124 cm³/mol. The van der Waals surface area contributed by atoms with Crippen LogP contribution in [0.1, 0.15) is 15.9 Å². The molecule has 0 saturated carbocycles. The Bertz CT molecular complexity index is 1370. The molecule has 0 spiro atoms. The molecule has 0 aliphatic heterocycles. The third-order valence-electron chi connectivity index (χ3n) is 4.44. The summed E-state index contributed by atoms with van der Waals surface area (Å²) in [4.78, 5) is 12.7. The first-order valence-electron chi connectivity index (χ1n) is 9.40. The molecule has 1 amide bonds. The summed E-state index contributed by atoms with van der Waals surface area (Å²) in [5, 5.41) is 10.3. The zero-order valence-electron chi connectivity index (χ0n) is 16.7. The van der Waals surface area contributed by atoms with Crippen molar-refractivity contribution < 1.29 is 17.6 Å². The molecule has 2 N–H and O–H groups in total.